The molecule has 1 rings (SSSR count). The molecule has 0 aromatic heterocycles. The Morgan fingerprint density at radius 1 is 1.58 bits per heavy atom. The molecule has 1 aromatic rings. The first-order chi connectivity index (χ1) is 5.77. The number of nitrogens with two attached hydrogens (primary N) is 1. The summed E-state index contributed by atoms with van der Waals surface area (Å²) in [5, 5.41) is 2.61. The Bertz CT molecular complexity index is 288. The van der Waals surface area contributed by atoms with Crippen LogP contribution in [0.3, 0.4) is 0 Å². The summed E-state index contributed by atoms with van der Waals surface area (Å²) in [5.41, 5.74) is 9.09. The van der Waals surface area contributed by atoms with E-state index in [0.29, 0.717) is 12.2 Å². The largest absolute Gasteiger partial charge is 0.344 e. The van der Waals surface area contributed by atoms with E-state index in [0.717, 1.165) is 5.56 Å². The molecule has 0 spiro atoms. The van der Waals surface area contributed by atoms with Crippen molar-refractivity contribution in [2.75, 3.05) is 5.32 Å². The van der Waals surface area contributed by atoms with Crippen LogP contribution in [0, 0.1) is 5.82 Å². The highest BCUT2D eigenvalue weighted by atomic mass is 32.1. The lowest BCUT2D eigenvalue weighted by atomic mass is 10.2. The van der Waals surface area contributed by atoms with Gasteiger partial charge in [0.15, 0.2) is 0 Å². The molecular formula is C8H8FN2S. The van der Waals surface area contributed by atoms with Crippen molar-refractivity contribution in [1.29, 1.82) is 0 Å². The van der Waals surface area contributed by atoms with Gasteiger partial charge in [-0.25, -0.2) is 4.39 Å². The number of rotatable bonds is 3. The molecule has 0 aliphatic carbocycles. The van der Waals surface area contributed by atoms with Gasteiger partial charge in [-0.1, -0.05) is 18.3 Å². The van der Waals surface area contributed by atoms with Crippen molar-refractivity contribution in [1.82, 2.24) is 0 Å². The first kappa shape index (κ1) is 9.09. The summed E-state index contributed by atoms with van der Waals surface area (Å²) < 4.78 is 12.7. The van der Waals surface area contributed by atoms with E-state index in [1.54, 1.807) is 6.07 Å². The van der Waals surface area contributed by atoms with E-state index in [9.17, 15) is 4.39 Å². The van der Waals surface area contributed by atoms with E-state index >= 15 is 0 Å². The van der Waals surface area contributed by atoms with Crippen LogP contribution in [0.15, 0.2) is 18.2 Å². The zero-order valence-electron chi connectivity index (χ0n) is 6.30. The van der Waals surface area contributed by atoms with Crippen molar-refractivity contribution in [3.05, 3.63) is 29.6 Å². The van der Waals surface area contributed by atoms with Crippen LogP contribution < -0.4 is 11.1 Å². The highest BCUT2D eigenvalue weighted by Gasteiger charge is 2.00. The Balaban J connectivity index is 3.03. The Kier molecular flexibility index (Phi) is 3.13. The van der Waals surface area contributed by atoms with Crippen LogP contribution in [-0.4, -0.2) is 5.49 Å². The molecule has 1 radical (unpaired) electrons. The molecule has 3 N–H and O–H groups in total. The van der Waals surface area contributed by atoms with Gasteiger partial charge in [-0.15, -0.1) is 0 Å². The van der Waals surface area contributed by atoms with Gasteiger partial charge in [0, 0.05) is 12.2 Å². The van der Waals surface area contributed by atoms with Gasteiger partial charge in [-0.05, 0) is 17.7 Å². The van der Waals surface area contributed by atoms with Gasteiger partial charge in [0.2, 0.25) is 0 Å². The molecule has 0 aliphatic heterocycles. The molecule has 0 atom stereocenters. The molecule has 0 fully saturated rings. The maximum absolute atomic E-state index is 12.7. The summed E-state index contributed by atoms with van der Waals surface area (Å²) in [4.78, 5) is 0. The van der Waals surface area contributed by atoms with Crippen LogP contribution in [0.5, 0.6) is 0 Å². The van der Waals surface area contributed by atoms with Crippen LogP contribution in [0.2, 0.25) is 0 Å². The van der Waals surface area contributed by atoms with Gasteiger partial charge < -0.3 is 11.1 Å². The minimum Gasteiger partial charge on any atom is -0.344 e. The fourth-order valence-corrected chi connectivity index (χ4v) is 1.01. The van der Waals surface area contributed by atoms with Crippen molar-refractivity contribution in [2.24, 2.45) is 5.73 Å². The number of anilines is 1. The van der Waals surface area contributed by atoms with E-state index < -0.39 is 0 Å². The first-order valence-corrected chi connectivity index (χ1v) is 3.80. The van der Waals surface area contributed by atoms with E-state index in [1.807, 2.05) is 0 Å². The topological polar surface area (TPSA) is 38.0 Å². The van der Waals surface area contributed by atoms with E-state index in [1.165, 1.54) is 12.1 Å². The monoisotopic (exact) mass is 183 g/mol. The summed E-state index contributed by atoms with van der Waals surface area (Å²) in [7, 11) is 0. The summed E-state index contributed by atoms with van der Waals surface area (Å²) >= 11 is 4.46. The highest BCUT2D eigenvalue weighted by molar-refractivity contribution is 7.79. The standard InChI is InChI=1S/C8H8FN2S/c9-7-2-1-6(4-10)8(3-7)11-5-12/h1-3H,4,10H2,(H,11,12). The lowest BCUT2D eigenvalue weighted by Gasteiger charge is -2.05. The minimum atomic E-state index is -0.319. The third kappa shape index (κ3) is 1.99. The predicted molar refractivity (Wildman–Crippen MR) is 50.5 cm³/mol. The van der Waals surface area contributed by atoms with Crippen molar-refractivity contribution in [2.45, 2.75) is 6.54 Å². The minimum absolute atomic E-state index is 0.319. The van der Waals surface area contributed by atoms with Crippen molar-refractivity contribution in [3.8, 4) is 0 Å². The maximum Gasteiger partial charge on any atom is 0.138 e. The van der Waals surface area contributed by atoms with Gasteiger partial charge in [-0.3, -0.25) is 0 Å². The summed E-state index contributed by atoms with van der Waals surface area (Å²) in [6, 6.07) is 4.31. The SMILES string of the molecule is NCc1ccc(F)cc1N[C]=S. The molecule has 4 heteroatoms. The number of hydrogen-bond donors (Lipinski definition) is 2. The Morgan fingerprint density at radius 3 is 2.92 bits per heavy atom. The van der Waals surface area contributed by atoms with Crippen LogP contribution in [-0.2, 0) is 6.54 Å². The van der Waals surface area contributed by atoms with Gasteiger partial charge in [0.05, 0.1) is 0 Å². The number of benzene rings is 1. The molecule has 0 bridgehead atoms. The number of nitrogens with one attached hydrogen (secondary N) is 1. The molecule has 0 aliphatic rings. The number of halogens is 1. The highest BCUT2D eigenvalue weighted by Crippen LogP contribution is 2.15. The molecule has 0 amide bonds. The second-order valence-corrected chi connectivity index (χ2v) is 2.44. The summed E-state index contributed by atoms with van der Waals surface area (Å²) in [6.07, 6.45) is 0. The quantitative estimate of drug-likeness (QED) is 0.551. The molecule has 0 saturated carbocycles. The Labute approximate surface area is 75.6 Å². The number of thiocarbonyl (C=S) groups is 1. The Hall–Kier alpha value is -1.00. The lowest BCUT2D eigenvalue weighted by molar-refractivity contribution is 0.628. The first-order valence-electron chi connectivity index (χ1n) is 3.39. The fourth-order valence-electron chi connectivity index (χ4n) is 0.898. The van der Waals surface area contributed by atoms with Crippen molar-refractivity contribution in [3.63, 3.8) is 0 Å². The average molecular weight is 183 g/mol. The molecule has 12 heavy (non-hydrogen) atoms. The molecule has 63 valence electrons. The molecular weight excluding hydrogens is 175 g/mol. The third-order valence-corrected chi connectivity index (χ3v) is 1.58. The molecule has 0 unspecified atom stereocenters. The zero-order valence-corrected chi connectivity index (χ0v) is 7.12. The summed E-state index contributed by atoms with van der Waals surface area (Å²) in [6.45, 7) is 0.347. The van der Waals surface area contributed by atoms with E-state index in [4.69, 9.17) is 5.73 Å². The Morgan fingerprint density at radius 2 is 2.33 bits per heavy atom. The second kappa shape index (κ2) is 4.13. The predicted octanol–water partition coefficient (Wildman–Crippen LogP) is 1.53. The van der Waals surface area contributed by atoms with Crippen LogP contribution >= 0.6 is 12.2 Å². The van der Waals surface area contributed by atoms with Crippen LogP contribution in [0.4, 0.5) is 10.1 Å². The number of hydrogen-bond acceptors (Lipinski definition) is 2. The molecule has 0 heterocycles. The van der Waals surface area contributed by atoms with Gasteiger partial charge in [0.1, 0.15) is 11.3 Å². The average Bonchev–Trinajstić information content (AvgIpc) is 2.05. The normalized spacial score (nSPS) is 9.50. The van der Waals surface area contributed by atoms with Crippen molar-refractivity contribution < 1.29 is 4.39 Å². The van der Waals surface area contributed by atoms with E-state index in [2.05, 4.69) is 23.0 Å². The van der Waals surface area contributed by atoms with Gasteiger partial charge >= 0.3 is 0 Å². The van der Waals surface area contributed by atoms with E-state index in [-0.39, 0.29) is 5.82 Å². The molecule has 1 aromatic carbocycles. The van der Waals surface area contributed by atoms with Crippen LogP contribution in [0.25, 0.3) is 0 Å². The smallest absolute Gasteiger partial charge is 0.138 e. The van der Waals surface area contributed by atoms with Crippen LogP contribution in [0.1, 0.15) is 5.56 Å². The maximum atomic E-state index is 12.7. The van der Waals surface area contributed by atoms with Gasteiger partial charge in [0.25, 0.3) is 0 Å². The van der Waals surface area contributed by atoms with Crippen molar-refractivity contribution >= 4 is 23.4 Å². The zero-order chi connectivity index (χ0) is 8.97. The van der Waals surface area contributed by atoms with Gasteiger partial charge in [-0.2, -0.15) is 0 Å². The fraction of sp³-hybridized carbons (Fsp3) is 0.125. The molecule has 2 nitrogen and oxygen atoms in total. The molecule has 0 saturated heterocycles. The second-order valence-electron chi connectivity index (χ2n) is 2.23. The lowest BCUT2D eigenvalue weighted by Crippen LogP contribution is -2.03. The third-order valence-electron chi connectivity index (χ3n) is 1.48. The summed E-state index contributed by atoms with van der Waals surface area (Å²) in [5.74, 6) is -0.319.